The molecule has 1 N–H and O–H groups in total. The summed E-state index contributed by atoms with van der Waals surface area (Å²) in [7, 11) is 3.75. The minimum atomic E-state index is -3.60. The van der Waals surface area contributed by atoms with Gasteiger partial charge in [-0.1, -0.05) is 12.1 Å². The first-order valence-electron chi connectivity index (χ1n) is 7.81. The Kier molecular flexibility index (Phi) is 4.70. The van der Waals surface area contributed by atoms with E-state index in [1.807, 2.05) is 31.1 Å². The minimum absolute atomic E-state index is 0.147. The zero-order valence-corrected chi connectivity index (χ0v) is 13.4. The van der Waals surface area contributed by atoms with E-state index in [1.165, 1.54) is 0 Å². The number of nitrogens with zero attached hydrogens (tertiary/aromatic N) is 1. The molecule has 0 aliphatic carbocycles. The molecule has 2 aliphatic rings. The molecule has 128 valence electrons. The normalized spacial score (nSPS) is 20.2. The van der Waals surface area contributed by atoms with Gasteiger partial charge in [0.15, 0.2) is 11.5 Å². The van der Waals surface area contributed by atoms with E-state index >= 15 is 0 Å². The van der Waals surface area contributed by atoms with Crippen LogP contribution in [0.4, 0.5) is 8.78 Å². The van der Waals surface area contributed by atoms with Crippen LogP contribution in [0, 0.1) is 0 Å². The lowest BCUT2D eigenvalue weighted by molar-refractivity contribution is -0.287. The predicted molar refractivity (Wildman–Crippen MR) is 80.7 cm³/mol. The van der Waals surface area contributed by atoms with Crippen molar-refractivity contribution in [2.24, 2.45) is 0 Å². The van der Waals surface area contributed by atoms with Crippen LogP contribution in [0.2, 0.25) is 0 Å². The van der Waals surface area contributed by atoms with Gasteiger partial charge >= 0.3 is 6.29 Å². The van der Waals surface area contributed by atoms with Gasteiger partial charge < -0.3 is 24.4 Å². The molecular weight excluding hydrogens is 306 g/mol. The van der Waals surface area contributed by atoms with E-state index in [1.54, 1.807) is 0 Å². The molecule has 1 aromatic rings. The molecule has 0 unspecified atom stereocenters. The van der Waals surface area contributed by atoms with Crippen molar-refractivity contribution in [1.82, 2.24) is 10.2 Å². The fraction of sp³-hybridized carbons (Fsp3) is 0.625. The van der Waals surface area contributed by atoms with Crippen LogP contribution in [0.3, 0.4) is 0 Å². The molecule has 23 heavy (non-hydrogen) atoms. The third kappa shape index (κ3) is 3.91. The maximum absolute atomic E-state index is 13.5. The molecule has 3 rings (SSSR count). The second-order valence-corrected chi connectivity index (χ2v) is 6.21. The SMILES string of the molecule is CN(C)Cc1ccc(CNC2CCOCC2)c2c1OC(F)(F)O2. The van der Waals surface area contributed by atoms with Crippen LogP contribution >= 0.6 is 0 Å². The molecule has 1 fully saturated rings. The van der Waals surface area contributed by atoms with Gasteiger partial charge in [-0.25, -0.2) is 0 Å². The Hall–Kier alpha value is -1.44. The molecule has 1 aromatic carbocycles. The lowest BCUT2D eigenvalue weighted by Gasteiger charge is -2.23. The Balaban J connectivity index is 1.77. The average Bonchev–Trinajstić information content (AvgIpc) is 2.83. The third-order valence-corrected chi connectivity index (χ3v) is 4.01. The van der Waals surface area contributed by atoms with Gasteiger partial charge in [0.1, 0.15) is 0 Å². The van der Waals surface area contributed by atoms with Gasteiger partial charge in [0.2, 0.25) is 0 Å². The molecule has 2 aliphatic heterocycles. The Bertz CT molecular complexity index is 561. The number of nitrogens with one attached hydrogen (secondary N) is 1. The van der Waals surface area contributed by atoms with Crippen LogP contribution in [-0.4, -0.2) is 44.5 Å². The summed E-state index contributed by atoms with van der Waals surface area (Å²) >= 11 is 0. The summed E-state index contributed by atoms with van der Waals surface area (Å²) in [5.41, 5.74) is 1.38. The fourth-order valence-corrected chi connectivity index (χ4v) is 2.89. The highest BCUT2D eigenvalue weighted by atomic mass is 19.3. The standard InChI is InChI=1S/C16H22F2N2O3/c1-20(2)10-12-4-3-11(9-19-13-5-7-21-8-6-13)14-15(12)23-16(17,18)22-14/h3-4,13,19H,5-10H2,1-2H3. The molecule has 0 spiro atoms. The van der Waals surface area contributed by atoms with Crippen molar-refractivity contribution in [1.29, 1.82) is 0 Å². The first kappa shape index (κ1) is 16.4. The van der Waals surface area contributed by atoms with Crippen LogP contribution in [0.25, 0.3) is 0 Å². The van der Waals surface area contributed by atoms with Gasteiger partial charge in [-0.2, -0.15) is 0 Å². The monoisotopic (exact) mass is 328 g/mol. The number of rotatable bonds is 5. The summed E-state index contributed by atoms with van der Waals surface area (Å²) in [6, 6.07) is 3.99. The number of ether oxygens (including phenoxy) is 3. The first-order chi connectivity index (χ1) is 10.9. The summed E-state index contributed by atoms with van der Waals surface area (Å²) in [5.74, 6) is 0.295. The summed E-state index contributed by atoms with van der Waals surface area (Å²) < 4.78 is 41.9. The largest absolute Gasteiger partial charge is 0.586 e. The first-order valence-corrected chi connectivity index (χ1v) is 7.81. The van der Waals surface area contributed by atoms with E-state index in [9.17, 15) is 8.78 Å². The van der Waals surface area contributed by atoms with Crippen LogP contribution in [-0.2, 0) is 17.8 Å². The number of alkyl halides is 2. The zero-order chi connectivity index (χ0) is 16.4. The van der Waals surface area contributed by atoms with Gasteiger partial charge in [0.25, 0.3) is 0 Å². The van der Waals surface area contributed by atoms with E-state index in [4.69, 9.17) is 14.2 Å². The second-order valence-electron chi connectivity index (χ2n) is 6.21. The molecule has 0 amide bonds. The van der Waals surface area contributed by atoms with Gasteiger partial charge in [0.05, 0.1) is 0 Å². The van der Waals surface area contributed by atoms with Crippen LogP contribution in [0.1, 0.15) is 24.0 Å². The molecule has 5 nitrogen and oxygen atoms in total. The molecule has 0 bridgehead atoms. The Labute approximate surface area is 134 Å². The highest BCUT2D eigenvalue weighted by Gasteiger charge is 2.45. The highest BCUT2D eigenvalue weighted by molar-refractivity contribution is 5.54. The summed E-state index contributed by atoms with van der Waals surface area (Å²) in [6.45, 7) is 2.44. The van der Waals surface area contributed by atoms with Crippen molar-refractivity contribution in [2.75, 3.05) is 27.3 Å². The molecular formula is C16H22F2N2O3. The Morgan fingerprint density at radius 2 is 1.74 bits per heavy atom. The van der Waals surface area contributed by atoms with Crippen LogP contribution in [0.5, 0.6) is 11.5 Å². The Morgan fingerprint density at radius 3 is 2.39 bits per heavy atom. The topological polar surface area (TPSA) is 43.0 Å². The van der Waals surface area contributed by atoms with E-state index in [0.29, 0.717) is 30.3 Å². The zero-order valence-electron chi connectivity index (χ0n) is 13.4. The quantitative estimate of drug-likeness (QED) is 0.899. The number of hydrogen-bond donors (Lipinski definition) is 1. The highest BCUT2D eigenvalue weighted by Crippen LogP contribution is 2.46. The fourth-order valence-electron chi connectivity index (χ4n) is 2.89. The van der Waals surface area contributed by atoms with Gasteiger partial charge in [-0.15, -0.1) is 8.78 Å². The van der Waals surface area contributed by atoms with Crippen molar-refractivity contribution in [3.05, 3.63) is 23.3 Å². The number of halogens is 2. The van der Waals surface area contributed by atoms with Crippen molar-refractivity contribution in [3.8, 4) is 11.5 Å². The maximum Gasteiger partial charge on any atom is 0.586 e. The van der Waals surface area contributed by atoms with Crippen molar-refractivity contribution >= 4 is 0 Å². The van der Waals surface area contributed by atoms with E-state index in [0.717, 1.165) is 26.1 Å². The number of benzene rings is 1. The summed E-state index contributed by atoms with van der Waals surface area (Å²) in [6.07, 6.45) is -1.75. The third-order valence-electron chi connectivity index (χ3n) is 4.01. The smallest absolute Gasteiger partial charge is 0.395 e. The molecule has 2 heterocycles. The van der Waals surface area contributed by atoms with E-state index in [2.05, 4.69) is 5.32 Å². The predicted octanol–water partition coefficient (Wildman–Crippen LogP) is 2.34. The van der Waals surface area contributed by atoms with Crippen LogP contribution < -0.4 is 14.8 Å². The summed E-state index contributed by atoms with van der Waals surface area (Å²) in [4.78, 5) is 1.90. The molecule has 1 saturated heterocycles. The molecule has 7 heteroatoms. The van der Waals surface area contributed by atoms with Gasteiger partial charge in [-0.05, 0) is 26.9 Å². The molecule has 0 saturated carbocycles. The maximum atomic E-state index is 13.5. The Morgan fingerprint density at radius 1 is 1.13 bits per heavy atom. The van der Waals surface area contributed by atoms with Crippen molar-refractivity contribution in [3.63, 3.8) is 0 Å². The van der Waals surface area contributed by atoms with Crippen molar-refractivity contribution in [2.45, 2.75) is 38.3 Å². The average molecular weight is 328 g/mol. The number of fused-ring (bicyclic) bond motifs is 1. The summed E-state index contributed by atoms with van der Waals surface area (Å²) in [5, 5.41) is 3.38. The van der Waals surface area contributed by atoms with E-state index in [-0.39, 0.29) is 11.5 Å². The minimum Gasteiger partial charge on any atom is -0.395 e. The lowest BCUT2D eigenvalue weighted by atomic mass is 10.1. The van der Waals surface area contributed by atoms with E-state index < -0.39 is 6.29 Å². The second kappa shape index (κ2) is 6.59. The molecule has 0 radical (unpaired) electrons. The number of hydrogen-bond acceptors (Lipinski definition) is 5. The van der Waals surface area contributed by atoms with Gasteiger partial charge in [0, 0.05) is 43.5 Å². The molecule has 0 atom stereocenters. The molecule has 0 aromatic heterocycles. The van der Waals surface area contributed by atoms with Gasteiger partial charge in [-0.3, -0.25) is 0 Å². The van der Waals surface area contributed by atoms with Crippen LogP contribution in [0.15, 0.2) is 12.1 Å². The van der Waals surface area contributed by atoms with Crippen molar-refractivity contribution < 1.29 is 23.0 Å². The lowest BCUT2D eigenvalue weighted by Crippen LogP contribution is -2.34.